The highest BCUT2D eigenvalue weighted by Gasteiger charge is 2.16. The number of hydrogen-bond donors (Lipinski definition) is 3. The average molecular weight is 865 g/mol. The number of carbonyl (C=O) groups is 4. The van der Waals surface area contributed by atoms with Gasteiger partial charge in [-0.1, -0.05) is 0 Å². The van der Waals surface area contributed by atoms with Crippen molar-refractivity contribution in [2.45, 2.75) is 52.7 Å². The van der Waals surface area contributed by atoms with E-state index in [2.05, 4.69) is 15.4 Å². The predicted molar refractivity (Wildman–Crippen MR) is 209 cm³/mol. The Balaban J connectivity index is 0.000000946. The first-order valence-electron chi connectivity index (χ1n) is 17.8. The third kappa shape index (κ3) is 33.3. The molecule has 2 aromatic rings. The number of nitrogens with one attached hydrogen (secondary N) is 2. The van der Waals surface area contributed by atoms with E-state index in [0.29, 0.717) is 52.7 Å². The van der Waals surface area contributed by atoms with Crippen LogP contribution in [0.1, 0.15) is 41.5 Å². The van der Waals surface area contributed by atoms with Crippen molar-refractivity contribution in [3.8, 4) is 11.5 Å². The normalized spacial score (nSPS) is 10.6. The number of nitro benzene ring substituents is 2. The number of non-ortho nitro benzene ring substituents is 2. The first-order chi connectivity index (χ1) is 27.7. The summed E-state index contributed by atoms with van der Waals surface area (Å²) in [5.74, 6) is 0.306. The summed E-state index contributed by atoms with van der Waals surface area (Å²) in [6, 6.07) is 10.0. The Bertz CT molecular complexity index is 1530. The molecule has 0 saturated carbocycles. The SMILES string of the molecule is CC(C)(C)OC(=O)NCCOCCOCCO.CC(C)(C)OC(=O)NCCOCCOCCOC(=O)Oc1ccc([N+](=O)[O-])cc1.O=C(Cl)Oc1ccc([N+](=O)[O-])cc1. The van der Waals surface area contributed by atoms with Crippen LogP contribution >= 0.6 is 11.6 Å². The summed E-state index contributed by atoms with van der Waals surface area (Å²) >= 11 is 4.92. The zero-order valence-corrected chi connectivity index (χ0v) is 34.5. The summed E-state index contributed by atoms with van der Waals surface area (Å²) in [6.45, 7) is 14.1. The minimum atomic E-state index is -0.978. The van der Waals surface area contributed by atoms with Gasteiger partial charge < -0.3 is 58.4 Å². The molecule has 2 amide bonds. The van der Waals surface area contributed by atoms with Crippen LogP contribution < -0.4 is 20.1 Å². The number of amides is 2. The lowest BCUT2D eigenvalue weighted by molar-refractivity contribution is -0.385. The topological polar surface area (TPSA) is 282 Å². The lowest BCUT2D eigenvalue weighted by Crippen LogP contribution is -2.34. The lowest BCUT2D eigenvalue weighted by atomic mass is 10.2. The molecule has 2 rings (SSSR count). The maximum absolute atomic E-state index is 11.5. The lowest BCUT2D eigenvalue weighted by Gasteiger charge is -2.19. The molecule has 332 valence electrons. The number of carbonyl (C=O) groups excluding carboxylic acids is 4. The molecule has 0 atom stereocenters. The minimum Gasteiger partial charge on any atom is -0.444 e. The van der Waals surface area contributed by atoms with E-state index in [0.717, 1.165) is 0 Å². The van der Waals surface area contributed by atoms with E-state index in [-0.39, 0.29) is 49.3 Å². The van der Waals surface area contributed by atoms with Crippen molar-refractivity contribution in [3.63, 3.8) is 0 Å². The molecule has 22 nitrogen and oxygen atoms in total. The fourth-order valence-corrected chi connectivity index (χ4v) is 3.55. The molecule has 0 radical (unpaired) electrons. The number of halogens is 1. The summed E-state index contributed by atoms with van der Waals surface area (Å²) in [5.41, 5.74) is -2.19. The smallest absolute Gasteiger partial charge is 0.444 e. The van der Waals surface area contributed by atoms with Gasteiger partial charge in [0, 0.05) is 49.0 Å². The van der Waals surface area contributed by atoms with E-state index in [1.54, 1.807) is 20.8 Å². The Morgan fingerprint density at radius 3 is 1.31 bits per heavy atom. The monoisotopic (exact) mass is 864 g/mol. The predicted octanol–water partition coefficient (Wildman–Crippen LogP) is 5.54. The maximum Gasteiger partial charge on any atom is 0.513 e. The van der Waals surface area contributed by atoms with Gasteiger partial charge in [0.15, 0.2) is 0 Å². The maximum atomic E-state index is 11.5. The van der Waals surface area contributed by atoms with Crippen LogP contribution in [-0.2, 0) is 33.2 Å². The number of rotatable bonds is 21. The van der Waals surface area contributed by atoms with Crippen molar-refractivity contribution < 1.29 is 76.8 Å². The number of aliphatic hydroxyl groups is 1. The number of nitrogens with zero attached hydrogens (tertiary/aromatic N) is 2. The molecule has 0 aromatic heterocycles. The van der Waals surface area contributed by atoms with Gasteiger partial charge in [-0.25, -0.2) is 19.2 Å². The Labute approximate surface area is 345 Å². The van der Waals surface area contributed by atoms with Crippen molar-refractivity contribution in [1.82, 2.24) is 10.6 Å². The summed E-state index contributed by atoms with van der Waals surface area (Å²) in [5, 5.41) is 34.3. The fraction of sp³-hybridized carbons (Fsp3) is 0.556. The number of hydrogen-bond acceptors (Lipinski definition) is 18. The van der Waals surface area contributed by atoms with Gasteiger partial charge in [-0.2, -0.15) is 0 Å². The molecule has 0 saturated heterocycles. The van der Waals surface area contributed by atoms with Crippen molar-refractivity contribution in [1.29, 1.82) is 0 Å². The van der Waals surface area contributed by atoms with Crippen LogP contribution in [0.15, 0.2) is 48.5 Å². The van der Waals surface area contributed by atoms with Gasteiger partial charge in [0.2, 0.25) is 0 Å². The molecule has 23 heteroatoms. The van der Waals surface area contributed by atoms with Gasteiger partial charge in [-0.05, 0) is 65.8 Å². The molecular weight excluding hydrogens is 812 g/mol. The van der Waals surface area contributed by atoms with Crippen LogP contribution in [0, 0.1) is 20.2 Å². The van der Waals surface area contributed by atoms with E-state index in [1.165, 1.54) is 48.5 Å². The summed E-state index contributed by atoms with van der Waals surface area (Å²) in [4.78, 5) is 63.9. The van der Waals surface area contributed by atoms with Crippen molar-refractivity contribution in [2.24, 2.45) is 0 Å². The van der Waals surface area contributed by atoms with Crippen LogP contribution in [0.2, 0.25) is 0 Å². The molecule has 0 aliphatic heterocycles. The van der Waals surface area contributed by atoms with Crippen LogP contribution in [0.25, 0.3) is 0 Å². The van der Waals surface area contributed by atoms with Crippen LogP contribution in [-0.4, -0.2) is 129 Å². The second-order valence-corrected chi connectivity index (χ2v) is 13.4. The molecule has 3 N–H and O–H groups in total. The van der Waals surface area contributed by atoms with E-state index in [9.17, 15) is 39.4 Å². The van der Waals surface area contributed by atoms with Crippen LogP contribution in [0.3, 0.4) is 0 Å². The van der Waals surface area contributed by atoms with E-state index in [1.807, 2.05) is 20.8 Å². The molecule has 2 aromatic carbocycles. The number of ether oxygens (including phenoxy) is 9. The fourth-order valence-electron chi connectivity index (χ4n) is 3.46. The second-order valence-electron chi connectivity index (χ2n) is 13.1. The Kier molecular flexibility index (Phi) is 27.9. The first kappa shape index (κ1) is 53.6. The summed E-state index contributed by atoms with van der Waals surface area (Å²) < 4.78 is 44.9. The third-order valence-corrected chi connectivity index (χ3v) is 5.83. The van der Waals surface area contributed by atoms with E-state index >= 15 is 0 Å². The van der Waals surface area contributed by atoms with E-state index in [4.69, 9.17) is 54.6 Å². The molecule has 59 heavy (non-hydrogen) atoms. The molecule has 0 unspecified atom stereocenters. The Hall–Kier alpha value is -5.39. The van der Waals surface area contributed by atoms with Crippen molar-refractivity contribution >= 4 is 46.7 Å². The van der Waals surface area contributed by atoms with Gasteiger partial charge in [-0.3, -0.25) is 20.2 Å². The highest BCUT2D eigenvalue weighted by Crippen LogP contribution is 2.19. The van der Waals surface area contributed by atoms with Crippen molar-refractivity contribution in [2.75, 3.05) is 79.2 Å². The van der Waals surface area contributed by atoms with Gasteiger partial charge in [-0.15, -0.1) is 0 Å². The highest BCUT2D eigenvalue weighted by molar-refractivity contribution is 6.61. The molecule has 0 fully saturated rings. The summed E-state index contributed by atoms with van der Waals surface area (Å²) in [6.07, 6.45) is -1.89. The van der Waals surface area contributed by atoms with Gasteiger partial charge >= 0.3 is 23.8 Å². The largest absolute Gasteiger partial charge is 0.513 e. The van der Waals surface area contributed by atoms with Crippen LogP contribution in [0.5, 0.6) is 11.5 Å². The number of alkyl carbamates (subject to hydrolysis) is 2. The zero-order valence-electron chi connectivity index (χ0n) is 33.8. The Morgan fingerprint density at radius 2 is 0.949 bits per heavy atom. The van der Waals surface area contributed by atoms with Crippen molar-refractivity contribution in [3.05, 3.63) is 68.8 Å². The van der Waals surface area contributed by atoms with Gasteiger partial charge in [0.05, 0.1) is 69.3 Å². The number of benzene rings is 2. The molecular formula is C36H53ClN4O18. The average Bonchev–Trinajstić information content (AvgIpc) is 3.13. The number of nitro groups is 2. The molecule has 0 bridgehead atoms. The third-order valence-electron chi connectivity index (χ3n) is 5.75. The molecule has 0 aliphatic rings. The highest BCUT2D eigenvalue weighted by atomic mass is 35.5. The number of aliphatic hydroxyl groups excluding tert-OH is 1. The minimum absolute atomic E-state index is 0.0141. The first-order valence-corrected chi connectivity index (χ1v) is 18.2. The summed E-state index contributed by atoms with van der Waals surface area (Å²) in [7, 11) is 0. The Morgan fingerprint density at radius 1 is 0.593 bits per heavy atom. The van der Waals surface area contributed by atoms with Gasteiger partial charge in [0.1, 0.15) is 29.3 Å². The molecule has 0 aliphatic carbocycles. The van der Waals surface area contributed by atoms with Gasteiger partial charge in [0.25, 0.3) is 11.4 Å². The zero-order chi connectivity index (χ0) is 44.7. The molecule has 0 heterocycles. The standard InChI is InChI=1S/C18H26N2O9.C11H23NO5.C7H4ClNO4/c1-18(2,3)29-16(21)19-8-9-25-10-11-26-12-13-27-17(22)28-15-6-4-14(5-7-15)20(23)24;1-11(2,3)17-10(14)12-4-6-15-8-9-16-7-5-13;8-7(10)13-6-3-1-5(2-4-6)9(11)12/h4-7H,8-13H2,1-3H3,(H,19,21);13H,4-9H2,1-3H3,(H,12,14);1-4H. The molecule has 0 spiro atoms. The van der Waals surface area contributed by atoms with E-state index < -0.39 is 44.8 Å². The second kappa shape index (κ2) is 30.7. The quantitative estimate of drug-likeness (QED) is 0.0264. The van der Waals surface area contributed by atoms with Crippen LogP contribution in [0.4, 0.5) is 30.6 Å².